The van der Waals surface area contributed by atoms with Gasteiger partial charge in [0, 0.05) is 6.61 Å². The number of rotatable bonds is 9. The number of carbonyl (C=O) groups excluding carboxylic acids is 2. The van der Waals surface area contributed by atoms with Crippen LogP contribution in [0.25, 0.3) is 6.08 Å². The molecule has 0 heterocycles. The highest BCUT2D eigenvalue weighted by atomic mass is 16.7. The van der Waals surface area contributed by atoms with Crippen LogP contribution in [-0.2, 0) is 19.1 Å². The Hall–Kier alpha value is -2.14. The van der Waals surface area contributed by atoms with E-state index in [1.54, 1.807) is 6.08 Å². The van der Waals surface area contributed by atoms with Gasteiger partial charge in [0.1, 0.15) is 24.6 Å². The van der Waals surface area contributed by atoms with E-state index in [0.717, 1.165) is 11.3 Å². The average molecular weight is 306 g/mol. The van der Waals surface area contributed by atoms with E-state index in [0.29, 0.717) is 6.61 Å². The second kappa shape index (κ2) is 9.73. The van der Waals surface area contributed by atoms with Crippen LogP contribution in [0.15, 0.2) is 30.3 Å². The molecule has 1 unspecified atom stereocenters. The van der Waals surface area contributed by atoms with Crippen molar-refractivity contribution in [3.63, 3.8) is 0 Å². The molecule has 0 fully saturated rings. The van der Waals surface area contributed by atoms with Crippen molar-refractivity contribution in [2.24, 2.45) is 0 Å². The lowest BCUT2D eigenvalue weighted by atomic mass is 10.2. The molecule has 0 aromatic heterocycles. The van der Waals surface area contributed by atoms with Crippen LogP contribution in [0.2, 0.25) is 0 Å². The predicted octanol–water partition coefficient (Wildman–Crippen LogP) is 2.98. The van der Waals surface area contributed by atoms with Gasteiger partial charge in [-0.05, 0) is 44.5 Å². The number of carbonyl (C=O) groups is 2. The van der Waals surface area contributed by atoms with Gasteiger partial charge < -0.3 is 14.2 Å². The summed E-state index contributed by atoms with van der Waals surface area (Å²) >= 11 is 0. The molecule has 0 radical (unpaired) electrons. The summed E-state index contributed by atoms with van der Waals surface area (Å²) in [5.41, 5.74) is 0.957. The highest BCUT2D eigenvalue weighted by Crippen LogP contribution is 2.15. The van der Waals surface area contributed by atoms with Gasteiger partial charge in [-0.25, -0.2) is 0 Å². The summed E-state index contributed by atoms with van der Waals surface area (Å²) < 4.78 is 15.7. The second-order valence-electron chi connectivity index (χ2n) is 4.67. The van der Waals surface area contributed by atoms with Crippen molar-refractivity contribution in [1.29, 1.82) is 0 Å². The van der Waals surface area contributed by atoms with Gasteiger partial charge in [0.2, 0.25) is 0 Å². The van der Waals surface area contributed by atoms with E-state index < -0.39 is 5.97 Å². The normalized spacial score (nSPS) is 12.1. The summed E-state index contributed by atoms with van der Waals surface area (Å²) in [7, 11) is 0. The Morgan fingerprint density at radius 3 is 2.50 bits per heavy atom. The van der Waals surface area contributed by atoms with Gasteiger partial charge in [-0.15, -0.1) is 0 Å². The Labute approximate surface area is 130 Å². The van der Waals surface area contributed by atoms with E-state index in [1.165, 1.54) is 6.92 Å². The van der Waals surface area contributed by atoms with E-state index in [2.05, 4.69) is 0 Å². The minimum Gasteiger partial charge on any atom is -0.465 e. The first-order chi connectivity index (χ1) is 10.5. The van der Waals surface area contributed by atoms with Crippen LogP contribution in [0, 0.1) is 0 Å². The maximum atomic E-state index is 11.2. The van der Waals surface area contributed by atoms with Gasteiger partial charge in [0.15, 0.2) is 6.29 Å². The monoisotopic (exact) mass is 306 g/mol. The van der Waals surface area contributed by atoms with Gasteiger partial charge in [-0.3, -0.25) is 9.59 Å². The summed E-state index contributed by atoms with van der Waals surface area (Å²) in [5, 5.41) is 0. The van der Waals surface area contributed by atoms with Gasteiger partial charge in [-0.2, -0.15) is 0 Å². The number of Topliss-reactive ketones (excluding diaryl/α,β-unsaturated/α-hetero) is 1. The predicted molar refractivity (Wildman–Crippen MR) is 83.4 cm³/mol. The maximum Gasteiger partial charge on any atom is 0.313 e. The first kappa shape index (κ1) is 17.9. The smallest absolute Gasteiger partial charge is 0.313 e. The molecule has 120 valence electrons. The lowest BCUT2D eigenvalue weighted by molar-refractivity contribution is -0.144. The summed E-state index contributed by atoms with van der Waals surface area (Å²) in [6.45, 7) is 5.85. The third-order valence-electron chi connectivity index (χ3n) is 2.63. The summed E-state index contributed by atoms with van der Waals surface area (Å²) in [6, 6.07) is 7.47. The Morgan fingerprint density at radius 1 is 1.23 bits per heavy atom. The molecule has 0 aliphatic carbocycles. The van der Waals surface area contributed by atoms with Crippen LogP contribution in [0.4, 0.5) is 0 Å². The first-order valence-electron chi connectivity index (χ1n) is 7.21. The molecule has 1 aromatic carbocycles. The van der Waals surface area contributed by atoms with Gasteiger partial charge in [0.25, 0.3) is 0 Å². The van der Waals surface area contributed by atoms with E-state index in [1.807, 2.05) is 44.2 Å². The van der Waals surface area contributed by atoms with Crippen LogP contribution in [-0.4, -0.2) is 31.3 Å². The van der Waals surface area contributed by atoms with Crippen molar-refractivity contribution in [2.45, 2.75) is 33.5 Å². The van der Waals surface area contributed by atoms with Crippen LogP contribution >= 0.6 is 0 Å². The number of esters is 1. The fourth-order valence-electron chi connectivity index (χ4n) is 1.70. The summed E-state index contributed by atoms with van der Waals surface area (Å²) in [4.78, 5) is 21.9. The molecule has 22 heavy (non-hydrogen) atoms. The lowest BCUT2D eigenvalue weighted by Crippen LogP contribution is -2.15. The molecule has 0 spiro atoms. The van der Waals surface area contributed by atoms with Crippen molar-refractivity contribution in [2.75, 3.05) is 13.2 Å². The van der Waals surface area contributed by atoms with Crippen molar-refractivity contribution in [3.05, 3.63) is 35.9 Å². The zero-order chi connectivity index (χ0) is 16.4. The Morgan fingerprint density at radius 2 is 1.91 bits per heavy atom. The maximum absolute atomic E-state index is 11.2. The molecule has 5 nitrogen and oxygen atoms in total. The molecule has 0 saturated heterocycles. The van der Waals surface area contributed by atoms with E-state index >= 15 is 0 Å². The van der Waals surface area contributed by atoms with Crippen molar-refractivity contribution < 1.29 is 23.8 Å². The minimum atomic E-state index is -0.509. The molecule has 1 aromatic rings. The van der Waals surface area contributed by atoms with Crippen molar-refractivity contribution in [3.8, 4) is 5.75 Å². The number of hydrogen-bond donors (Lipinski definition) is 0. The average Bonchev–Trinajstić information content (AvgIpc) is 2.45. The number of ether oxygens (including phenoxy) is 3. The van der Waals surface area contributed by atoms with Crippen molar-refractivity contribution in [1.82, 2.24) is 0 Å². The molecule has 1 atom stereocenters. The minimum absolute atomic E-state index is 0.145. The van der Waals surface area contributed by atoms with Crippen LogP contribution < -0.4 is 4.74 Å². The lowest BCUT2D eigenvalue weighted by Gasteiger charge is -2.14. The third-order valence-corrected chi connectivity index (χ3v) is 2.63. The Bertz CT molecular complexity index is 504. The third kappa shape index (κ3) is 7.59. The Balaban J connectivity index is 2.39. The zero-order valence-corrected chi connectivity index (χ0v) is 13.2. The topological polar surface area (TPSA) is 61.8 Å². The molecular formula is C17H22O5. The molecule has 0 bridgehead atoms. The fraction of sp³-hybridized carbons (Fsp3) is 0.412. The molecular weight excluding hydrogens is 284 g/mol. The van der Waals surface area contributed by atoms with Crippen LogP contribution in [0.1, 0.15) is 32.8 Å². The van der Waals surface area contributed by atoms with Crippen molar-refractivity contribution >= 4 is 17.8 Å². The van der Waals surface area contributed by atoms with E-state index in [-0.39, 0.29) is 25.1 Å². The Kier molecular flexibility index (Phi) is 7.92. The number of benzene rings is 1. The molecule has 0 aliphatic heterocycles. The highest BCUT2D eigenvalue weighted by Gasteiger charge is 2.04. The first-order valence-corrected chi connectivity index (χ1v) is 7.21. The number of hydrogen-bond acceptors (Lipinski definition) is 5. The van der Waals surface area contributed by atoms with Gasteiger partial charge in [-0.1, -0.05) is 18.2 Å². The van der Waals surface area contributed by atoms with E-state index in [9.17, 15) is 9.59 Å². The molecule has 0 saturated carbocycles. The van der Waals surface area contributed by atoms with E-state index in [4.69, 9.17) is 14.2 Å². The second-order valence-corrected chi connectivity index (χ2v) is 4.67. The summed E-state index contributed by atoms with van der Waals surface area (Å²) in [6.07, 6.45) is 3.08. The SMILES string of the molecule is CCOC(C)Oc1ccc(C=CCOC(=O)CC(C)=O)cc1. The molecule has 5 heteroatoms. The molecule has 0 N–H and O–H groups in total. The van der Waals surface area contributed by atoms with Gasteiger partial charge >= 0.3 is 5.97 Å². The summed E-state index contributed by atoms with van der Waals surface area (Å²) in [5.74, 6) is 0.0163. The number of ketones is 1. The zero-order valence-electron chi connectivity index (χ0n) is 13.2. The highest BCUT2D eigenvalue weighted by molar-refractivity contribution is 5.94. The fourth-order valence-corrected chi connectivity index (χ4v) is 1.70. The van der Waals surface area contributed by atoms with Crippen LogP contribution in [0.3, 0.4) is 0 Å². The van der Waals surface area contributed by atoms with Gasteiger partial charge in [0.05, 0.1) is 0 Å². The van der Waals surface area contributed by atoms with Crippen LogP contribution in [0.5, 0.6) is 5.75 Å². The largest absolute Gasteiger partial charge is 0.465 e. The standard InChI is InChI=1S/C17H22O5/c1-4-20-14(3)22-16-9-7-15(8-10-16)6-5-11-21-17(19)12-13(2)18/h5-10,14H,4,11-12H2,1-3H3. The molecule has 0 amide bonds. The molecule has 1 rings (SSSR count). The quantitative estimate of drug-likeness (QED) is 0.399. The molecule has 0 aliphatic rings.